The molecule has 0 radical (unpaired) electrons. The molecule has 2 fully saturated rings. The third-order valence-corrected chi connectivity index (χ3v) is 8.67. The first-order valence-electron chi connectivity index (χ1n) is 13.8. The number of fused-ring (bicyclic) bond motifs is 4. The monoisotopic (exact) mass is 526 g/mol. The van der Waals surface area contributed by atoms with Crippen LogP contribution in [0.5, 0.6) is 11.5 Å². The summed E-state index contributed by atoms with van der Waals surface area (Å²) in [5, 5.41) is 10.8. The number of ether oxygens (including phenoxy) is 2. The lowest BCUT2D eigenvalue weighted by molar-refractivity contribution is -0.160. The summed E-state index contributed by atoms with van der Waals surface area (Å²) >= 11 is 0. The molecule has 7 nitrogen and oxygen atoms in total. The highest BCUT2D eigenvalue weighted by atomic mass is 16.5. The summed E-state index contributed by atoms with van der Waals surface area (Å²) in [7, 11) is 1.40. The number of aliphatic hydroxyl groups is 1. The van der Waals surface area contributed by atoms with Crippen LogP contribution in [0.3, 0.4) is 0 Å². The number of benzene rings is 3. The van der Waals surface area contributed by atoms with Gasteiger partial charge in [-0.05, 0) is 79.1 Å². The van der Waals surface area contributed by atoms with Crippen molar-refractivity contribution in [1.29, 1.82) is 0 Å². The van der Waals surface area contributed by atoms with E-state index in [1.54, 1.807) is 0 Å². The van der Waals surface area contributed by atoms with Crippen LogP contribution in [0, 0.1) is 17.8 Å². The number of amides is 1. The molecule has 0 bridgehead atoms. The maximum atomic E-state index is 13.7. The Kier molecular flexibility index (Phi) is 7.11. The molecular formula is C32H34N2O5. The molecule has 3 aromatic rings. The second kappa shape index (κ2) is 10.8. The van der Waals surface area contributed by atoms with Crippen LogP contribution >= 0.6 is 0 Å². The first kappa shape index (κ1) is 25.6. The first-order chi connectivity index (χ1) is 19.0. The van der Waals surface area contributed by atoms with Crippen molar-refractivity contribution in [3.8, 4) is 11.5 Å². The Labute approximate surface area is 229 Å². The molecule has 7 heteroatoms. The lowest BCUT2D eigenvalue weighted by atomic mass is 9.65. The number of rotatable bonds is 4. The van der Waals surface area contributed by atoms with Gasteiger partial charge in [-0.2, -0.15) is 0 Å². The van der Waals surface area contributed by atoms with E-state index in [4.69, 9.17) is 9.47 Å². The van der Waals surface area contributed by atoms with Gasteiger partial charge in [0.2, 0.25) is 5.91 Å². The van der Waals surface area contributed by atoms with Crippen LogP contribution < -0.4 is 9.64 Å². The van der Waals surface area contributed by atoms with Crippen LogP contribution in [-0.2, 0) is 14.3 Å². The highest BCUT2D eigenvalue weighted by Crippen LogP contribution is 2.49. The summed E-state index contributed by atoms with van der Waals surface area (Å²) in [4.78, 5) is 30.6. The second-order valence-corrected chi connectivity index (χ2v) is 10.8. The molecule has 0 aromatic heterocycles. The average Bonchev–Trinajstić information content (AvgIpc) is 2.96. The molecule has 1 saturated heterocycles. The van der Waals surface area contributed by atoms with Crippen molar-refractivity contribution in [2.24, 2.45) is 17.8 Å². The third kappa shape index (κ3) is 4.92. The highest BCUT2D eigenvalue weighted by molar-refractivity contribution is 6.01. The second-order valence-electron chi connectivity index (χ2n) is 10.8. The molecule has 0 unspecified atom stereocenters. The smallest absolute Gasteiger partial charge is 0.311 e. The van der Waals surface area contributed by atoms with Crippen LogP contribution in [0.1, 0.15) is 37.3 Å². The topological polar surface area (TPSA) is 79.3 Å². The number of carbonyl (C=O) groups excluding carboxylic acids is 2. The van der Waals surface area contributed by atoms with Gasteiger partial charge in [0.25, 0.3) is 0 Å². The van der Waals surface area contributed by atoms with Crippen LogP contribution in [0.15, 0.2) is 78.9 Å². The van der Waals surface area contributed by atoms with Crippen LogP contribution in [-0.4, -0.2) is 48.2 Å². The van der Waals surface area contributed by atoms with Gasteiger partial charge in [-0.3, -0.25) is 19.4 Å². The molecule has 3 aliphatic rings. The number of aliphatic hydroxyl groups excluding tert-OH is 1. The molecule has 5 atom stereocenters. The lowest BCUT2D eigenvalue weighted by Gasteiger charge is -2.51. The predicted octanol–water partition coefficient (Wildman–Crippen LogP) is 5.47. The van der Waals surface area contributed by atoms with Gasteiger partial charge in [0.1, 0.15) is 11.5 Å². The number of hydrogen-bond donors (Lipinski definition) is 1. The number of nitrogens with zero attached hydrogens (tertiary/aromatic N) is 2. The van der Waals surface area contributed by atoms with E-state index in [1.807, 2.05) is 77.7 Å². The zero-order chi connectivity index (χ0) is 26.9. The van der Waals surface area contributed by atoms with Crippen LogP contribution in [0.4, 0.5) is 11.4 Å². The number of anilines is 2. The van der Waals surface area contributed by atoms with Crippen molar-refractivity contribution < 1.29 is 24.2 Å². The summed E-state index contributed by atoms with van der Waals surface area (Å²) in [5.41, 5.74) is 2.71. The first-order valence-corrected chi connectivity index (χ1v) is 13.8. The van der Waals surface area contributed by atoms with E-state index >= 15 is 0 Å². The number of carbonyl (C=O) groups is 2. The van der Waals surface area contributed by atoms with Crippen molar-refractivity contribution >= 4 is 23.3 Å². The van der Waals surface area contributed by atoms with Gasteiger partial charge in [-0.1, -0.05) is 36.4 Å². The summed E-state index contributed by atoms with van der Waals surface area (Å²) in [6.07, 6.45) is 1.94. The Hall–Kier alpha value is -3.68. The van der Waals surface area contributed by atoms with Gasteiger partial charge in [-0.25, -0.2) is 0 Å². The molecule has 39 heavy (non-hydrogen) atoms. The van der Waals surface area contributed by atoms with Gasteiger partial charge in [0.15, 0.2) is 0 Å². The minimum atomic E-state index is -0.677. The van der Waals surface area contributed by atoms with Crippen molar-refractivity contribution in [3.05, 3.63) is 84.4 Å². The number of piperidine rings is 1. The molecule has 202 valence electrons. The van der Waals surface area contributed by atoms with E-state index in [1.165, 1.54) is 7.11 Å². The summed E-state index contributed by atoms with van der Waals surface area (Å²) in [6, 6.07) is 25.4. The molecule has 1 aliphatic carbocycles. The normalized spacial score (nSPS) is 26.9. The van der Waals surface area contributed by atoms with Crippen LogP contribution in [0.25, 0.3) is 0 Å². The van der Waals surface area contributed by atoms with Gasteiger partial charge in [-0.15, -0.1) is 0 Å². The van der Waals surface area contributed by atoms with Gasteiger partial charge in [0, 0.05) is 31.2 Å². The van der Waals surface area contributed by atoms with Gasteiger partial charge >= 0.3 is 5.97 Å². The Morgan fingerprint density at radius 1 is 0.923 bits per heavy atom. The van der Waals surface area contributed by atoms with Crippen molar-refractivity contribution in [2.75, 3.05) is 25.1 Å². The van der Waals surface area contributed by atoms with Crippen molar-refractivity contribution in [3.63, 3.8) is 0 Å². The highest BCUT2D eigenvalue weighted by Gasteiger charge is 2.49. The molecule has 1 N–H and O–H groups in total. The van der Waals surface area contributed by atoms with E-state index < -0.39 is 12.0 Å². The minimum absolute atomic E-state index is 0.0357. The molecule has 2 aliphatic heterocycles. The SMILES string of the molecule is COC(=O)[C@@H]1[C@H]2C[C@H]3c4ccccc4N(c4ccc(Oc5ccccc5)cc4)C(=O)CCN3C[C@@H]2CC[C@@H]1O. The van der Waals surface area contributed by atoms with Gasteiger partial charge < -0.3 is 14.6 Å². The van der Waals surface area contributed by atoms with E-state index in [0.29, 0.717) is 31.1 Å². The number of para-hydroxylation sites is 2. The number of hydrogen-bond acceptors (Lipinski definition) is 6. The average molecular weight is 527 g/mol. The molecule has 1 saturated carbocycles. The zero-order valence-electron chi connectivity index (χ0n) is 22.1. The summed E-state index contributed by atoms with van der Waals surface area (Å²) < 4.78 is 11.1. The molecule has 3 aromatic carbocycles. The van der Waals surface area contributed by atoms with Crippen LogP contribution in [0.2, 0.25) is 0 Å². The predicted molar refractivity (Wildman–Crippen MR) is 148 cm³/mol. The third-order valence-electron chi connectivity index (χ3n) is 8.67. The Morgan fingerprint density at radius 3 is 2.41 bits per heavy atom. The minimum Gasteiger partial charge on any atom is -0.469 e. The number of esters is 1. The van der Waals surface area contributed by atoms with Crippen molar-refractivity contribution in [2.45, 2.75) is 37.8 Å². The van der Waals surface area contributed by atoms with Gasteiger partial charge in [0.05, 0.1) is 24.8 Å². The molecule has 1 amide bonds. The largest absolute Gasteiger partial charge is 0.469 e. The van der Waals surface area contributed by atoms with E-state index in [9.17, 15) is 14.7 Å². The van der Waals surface area contributed by atoms with E-state index in [-0.39, 0.29) is 23.8 Å². The fourth-order valence-corrected chi connectivity index (χ4v) is 6.83. The van der Waals surface area contributed by atoms with E-state index in [0.717, 1.165) is 42.1 Å². The van der Waals surface area contributed by atoms with Crippen molar-refractivity contribution in [1.82, 2.24) is 4.90 Å². The molecule has 6 rings (SSSR count). The molecule has 2 heterocycles. The fourth-order valence-electron chi connectivity index (χ4n) is 6.83. The Balaban J connectivity index is 1.33. The fraction of sp³-hybridized carbons (Fsp3) is 0.375. The summed E-state index contributed by atoms with van der Waals surface area (Å²) in [5.74, 6) is 1.00. The quantitative estimate of drug-likeness (QED) is 0.454. The Morgan fingerprint density at radius 2 is 1.64 bits per heavy atom. The maximum absolute atomic E-state index is 13.7. The number of methoxy groups -OCH3 is 1. The standard InChI is InChI=1S/C32H34N2O5/c1-38-32(37)31-26-19-28-25-9-5-6-10-27(25)34(30(36)17-18-33(28)20-21(26)11-16-29(31)35)22-12-14-24(15-13-22)39-23-7-3-2-4-8-23/h2-10,12-15,21,26,28-29,31,35H,11,16-20H2,1H3/t21-,26-,28-,29-,31+/m0/s1. The lowest BCUT2D eigenvalue weighted by Crippen LogP contribution is -2.53. The maximum Gasteiger partial charge on any atom is 0.311 e. The summed E-state index contributed by atoms with van der Waals surface area (Å²) in [6.45, 7) is 1.46. The zero-order valence-corrected chi connectivity index (χ0v) is 22.1. The van der Waals surface area contributed by atoms with E-state index in [2.05, 4.69) is 11.0 Å². The molecular weight excluding hydrogens is 492 g/mol. The Bertz CT molecular complexity index is 1330. The molecule has 0 spiro atoms.